The van der Waals surface area contributed by atoms with E-state index in [1.807, 2.05) is 19.9 Å². The number of hydrogen-bond acceptors (Lipinski definition) is 3. The summed E-state index contributed by atoms with van der Waals surface area (Å²) in [7, 11) is 0. The van der Waals surface area contributed by atoms with E-state index in [1.54, 1.807) is 11.3 Å². The lowest BCUT2D eigenvalue weighted by molar-refractivity contribution is 1.02. The highest BCUT2D eigenvalue weighted by Crippen LogP contribution is 2.26. The van der Waals surface area contributed by atoms with Gasteiger partial charge in [0, 0.05) is 11.4 Å². The minimum atomic E-state index is 0.832. The maximum Gasteiger partial charge on any atom is 0.0825 e. The standard InChI is InChI=1S/C16H17N3S/c1-11-16(12(2)19-18-11)17-9-15-8-14(10-20-15)13-6-4-3-5-7-13/h3-8,10,17H,9H2,1-2H3,(H,18,19). The maximum atomic E-state index is 4.20. The Morgan fingerprint density at radius 3 is 2.65 bits per heavy atom. The first-order valence-corrected chi connectivity index (χ1v) is 7.50. The predicted octanol–water partition coefficient (Wildman–Crippen LogP) is 4.37. The van der Waals surface area contributed by atoms with E-state index >= 15 is 0 Å². The highest BCUT2D eigenvalue weighted by Gasteiger charge is 2.07. The normalized spacial score (nSPS) is 10.7. The van der Waals surface area contributed by atoms with E-state index in [2.05, 4.69) is 51.2 Å². The summed E-state index contributed by atoms with van der Waals surface area (Å²) < 4.78 is 0. The predicted molar refractivity (Wildman–Crippen MR) is 85.1 cm³/mol. The number of aryl methyl sites for hydroxylation is 2. The molecule has 0 unspecified atom stereocenters. The van der Waals surface area contributed by atoms with Gasteiger partial charge in [0.05, 0.1) is 17.1 Å². The molecule has 0 saturated carbocycles. The summed E-state index contributed by atoms with van der Waals surface area (Å²) >= 11 is 1.78. The molecule has 2 aromatic heterocycles. The third-order valence-electron chi connectivity index (χ3n) is 3.33. The van der Waals surface area contributed by atoms with Crippen LogP contribution >= 0.6 is 11.3 Å². The molecule has 0 amide bonds. The summed E-state index contributed by atoms with van der Waals surface area (Å²) in [6.07, 6.45) is 0. The van der Waals surface area contributed by atoms with Crippen molar-refractivity contribution in [3.8, 4) is 11.1 Å². The van der Waals surface area contributed by atoms with E-state index in [-0.39, 0.29) is 0 Å². The van der Waals surface area contributed by atoms with Gasteiger partial charge >= 0.3 is 0 Å². The molecule has 0 aliphatic heterocycles. The van der Waals surface area contributed by atoms with Gasteiger partial charge in [0.1, 0.15) is 0 Å². The number of benzene rings is 1. The molecule has 4 heteroatoms. The van der Waals surface area contributed by atoms with Gasteiger partial charge < -0.3 is 5.32 Å². The minimum Gasteiger partial charge on any atom is -0.377 e. The van der Waals surface area contributed by atoms with Crippen molar-refractivity contribution in [2.24, 2.45) is 0 Å². The smallest absolute Gasteiger partial charge is 0.0825 e. The van der Waals surface area contributed by atoms with Crippen molar-refractivity contribution >= 4 is 17.0 Å². The average molecular weight is 283 g/mol. The Hall–Kier alpha value is -2.07. The Labute approximate surface area is 122 Å². The van der Waals surface area contributed by atoms with Crippen molar-refractivity contribution in [1.82, 2.24) is 10.2 Å². The fourth-order valence-corrected chi connectivity index (χ4v) is 3.08. The number of rotatable bonds is 4. The number of H-pyrrole nitrogens is 1. The van der Waals surface area contributed by atoms with Crippen LogP contribution in [-0.2, 0) is 6.54 Å². The van der Waals surface area contributed by atoms with E-state index < -0.39 is 0 Å². The first-order chi connectivity index (χ1) is 9.74. The van der Waals surface area contributed by atoms with Gasteiger partial charge in [0.25, 0.3) is 0 Å². The molecule has 0 saturated heterocycles. The molecular formula is C16H17N3S. The molecule has 0 atom stereocenters. The van der Waals surface area contributed by atoms with Crippen molar-refractivity contribution in [2.45, 2.75) is 20.4 Å². The molecule has 0 fully saturated rings. The van der Waals surface area contributed by atoms with Gasteiger partial charge in [-0.15, -0.1) is 11.3 Å². The fourth-order valence-electron chi connectivity index (χ4n) is 2.24. The number of aromatic nitrogens is 2. The van der Waals surface area contributed by atoms with Crippen LogP contribution in [0.25, 0.3) is 11.1 Å². The van der Waals surface area contributed by atoms with Crippen molar-refractivity contribution in [1.29, 1.82) is 0 Å². The largest absolute Gasteiger partial charge is 0.377 e. The molecular weight excluding hydrogens is 266 g/mol. The lowest BCUT2D eigenvalue weighted by atomic mass is 10.1. The molecule has 1 aromatic carbocycles. The van der Waals surface area contributed by atoms with Gasteiger partial charge in [-0.2, -0.15) is 5.10 Å². The maximum absolute atomic E-state index is 4.20. The average Bonchev–Trinajstić information content (AvgIpc) is 3.06. The van der Waals surface area contributed by atoms with Crippen LogP contribution in [0, 0.1) is 13.8 Å². The first kappa shape index (κ1) is 12.9. The summed E-state index contributed by atoms with van der Waals surface area (Å²) in [5, 5.41) is 12.9. The fraction of sp³-hybridized carbons (Fsp3) is 0.188. The van der Waals surface area contributed by atoms with Crippen molar-refractivity contribution in [3.63, 3.8) is 0 Å². The van der Waals surface area contributed by atoms with E-state index in [0.717, 1.165) is 23.6 Å². The van der Waals surface area contributed by atoms with Crippen LogP contribution in [0.3, 0.4) is 0 Å². The Kier molecular flexibility index (Phi) is 3.56. The summed E-state index contributed by atoms with van der Waals surface area (Å²) in [5.74, 6) is 0. The van der Waals surface area contributed by atoms with Crippen molar-refractivity contribution in [2.75, 3.05) is 5.32 Å². The molecule has 0 bridgehead atoms. The number of nitrogens with one attached hydrogen (secondary N) is 2. The second kappa shape index (κ2) is 5.51. The molecule has 0 aliphatic rings. The van der Waals surface area contributed by atoms with Gasteiger partial charge in [-0.3, -0.25) is 5.10 Å². The Balaban J connectivity index is 1.72. The minimum absolute atomic E-state index is 0.832. The van der Waals surface area contributed by atoms with Crippen LogP contribution in [0.4, 0.5) is 5.69 Å². The van der Waals surface area contributed by atoms with Gasteiger partial charge in [-0.1, -0.05) is 30.3 Å². The summed E-state index contributed by atoms with van der Waals surface area (Å²) in [6.45, 7) is 4.88. The van der Waals surface area contributed by atoms with E-state index in [4.69, 9.17) is 0 Å². The van der Waals surface area contributed by atoms with E-state index in [9.17, 15) is 0 Å². The number of thiophene rings is 1. The Morgan fingerprint density at radius 2 is 1.95 bits per heavy atom. The monoisotopic (exact) mass is 283 g/mol. The molecule has 0 aliphatic carbocycles. The second-order valence-corrected chi connectivity index (χ2v) is 5.83. The van der Waals surface area contributed by atoms with Gasteiger partial charge in [-0.25, -0.2) is 0 Å². The highest BCUT2D eigenvalue weighted by atomic mass is 32.1. The van der Waals surface area contributed by atoms with Gasteiger partial charge in [0.2, 0.25) is 0 Å². The summed E-state index contributed by atoms with van der Waals surface area (Å²) in [5.41, 5.74) is 5.77. The van der Waals surface area contributed by atoms with Crippen LogP contribution in [0.5, 0.6) is 0 Å². The summed E-state index contributed by atoms with van der Waals surface area (Å²) in [6, 6.07) is 12.7. The highest BCUT2D eigenvalue weighted by molar-refractivity contribution is 7.10. The van der Waals surface area contributed by atoms with E-state index in [0.29, 0.717) is 0 Å². The van der Waals surface area contributed by atoms with Crippen molar-refractivity contribution < 1.29 is 0 Å². The first-order valence-electron chi connectivity index (χ1n) is 6.62. The van der Waals surface area contributed by atoms with Crippen LogP contribution in [0.15, 0.2) is 41.8 Å². The van der Waals surface area contributed by atoms with Crippen LogP contribution in [0.2, 0.25) is 0 Å². The Bertz CT molecular complexity index is 678. The molecule has 102 valence electrons. The zero-order valence-electron chi connectivity index (χ0n) is 11.6. The topological polar surface area (TPSA) is 40.7 Å². The third kappa shape index (κ3) is 2.60. The molecule has 3 aromatic rings. The lowest BCUT2D eigenvalue weighted by Crippen LogP contribution is -1.99. The third-order valence-corrected chi connectivity index (χ3v) is 4.27. The summed E-state index contributed by atoms with van der Waals surface area (Å²) in [4.78, 5) is 1.32. The molecule has 2 heterocycles. The quantitative estimate of drug-likeness (QED) is 0.746. The lowest BCUT2D eigenvalue weighted by Gasteiger charge is -2.04. The van der Waals surface area contributed by atoms with Gasteiger partial charge in [-0.05, 0) is 36.4 Å². The Morgan fingerprint density at radius 1 is 1.15 bits per heavy atom. The van der Waals surface area contributed by atoms with Crippen LogP contribution in [0.1, 0.15) is 16.3 Å². The van der Waals surface area contributed by atoms with E-state index in [1.165, 1.54) is 16.0 Å². The molecule has 0 radical (unpaired) electrons. The van der Waals surface area contributed by atoms with Crippen LogP contribution in [-0.4, -0.2) is 10.2 Å². The molecule has 3 nitrogen and oxygen atoms in total. The number of anilines is 1. The number of hydrogen-bond donors (Lipinski definition) is 2. The van der Waals surface area contributed by atoms with Gasteiger partial charge in [0.15, 0.2) is 0 Å². The SMILES string of the molecule is Cc1n[nH]c(C)c1NCc1cc(-c2ccccc2)cs1. The second-order valence-electron chi connectivity index (χ2n) is 4.83. The molecule has 0 spiro atoms. The zero-order valence-corrected chi connectivity index (χ0v) is 12.4. The number of nitrogens with zero attached hydrogens (tertiary/aromatic N) is 1. The molecule has 3 rings (SSSR count). The van der Waals surface area contributed by atoms with Crippen molar-refractivity contribution in [3.05, 3.63) is 58.0 Å². The molecule has 2 N–H and O–H groups in total. The molecule has 20 heavy (non-hydrogen) atoms. The van der Waals surface area contributed by atoms with Crippen LogP contribution < -0.4 is 5.32 Å². The number of aromatic amines is 1. The zero-order chi connectivity index (χ0) is 13.9.